The lowest BCUT2D eigenvalue weighted by Crippen LogP contribution is -2.36. The maximum Gasteiger partial charge on any atom is 0.233 e. The number of rotatable bonds is 4. The van der Waals surface area contributed by atoms with Crippen molar-refractivity contribution in [2.75, 3.05) is 20.1 Å². The van der Waals surface area contributed by atoms with E-state index in [1.165, 1.54) is 25.7 Å². The van der Waals surface area contributed by atoms with Crippen molar-refractivity contribution in [3.8, 4) is 0 Å². The van der Waals surface area contributed by atoms with Crippen LogP contribution in [0.1, 0.15) is 32.6 Å². The summed E-state index contributed by atoms with van der Waals surface area (Å²) in [5, 5.41) is 5.82. The number of carbonyl (C=O) groups excluding carboxylic acids is 1. The molecule has 0 bridgehead atoms. The summed E-state index contributed by atoms with van der Waals surface area (Å²) in [6, 6.07) is 0. The first-order chi connectivity index (χ1) is 6.72. The molecule has 1 saturated carbocycles. The molecule has 3 nitrogen and oxygen atoms in total. The molecule has 2 N–H and O–H groups in total. The summed E-state index contributed by atoms with van der Waals surface area (Å²) >= 11 is 0. The van der Waals surface area contributed by atoms with Crippen LogP contribution in [-0.2, 0) is 4.79 Å². The van der Waals surface area contributed by atoms with Crippen molar-refractivity contribution >= 4 is 5.91 Å². The summed E-state index contributed by atoms with van der Waals surface area (Å²) in [5.41, 5.74) is 0. The Labute approximate surface area is 86.6 Å². The normalized spacial score (nSPS) is 27.3. The Balaban J connectivity index is 2.14. The van der Waals surface area contributed by atoms with Crippen molar-refractivity contribution in [3.63, 3.8) is 0 Å². The van der Waals surface area contributed by atoms with E-state index in [0.717, 1.165) is 12.5 Å². The predicted molar refractivity (Wildman–Crippen MR) is 58.1 cm³/mol. The number of carbonyl (C=O) groups is 1. The van der Waals surface area contributed by atoms with E-state index in [2.05, 4.69) is 17.6 Å². The maximum absolute atomic E-state index is 11.2. The summed E-state index contributed by atoms with van der Waals surface area (Å²) in [4.78, 5) is 11.2. The zero-order valence-corrected chi connectivity index (χ0v) is 9.31. The van der Waals surface area contributed by atoms with Crippen molar-refractivity contribution in [1.29, 1.82) is 0 Å². The maximum atomic E-state index is 11.2. The molecule has 0 spiro atoms. The molecule has 82 valence electrons. The largest absolute Gasteiger partial charge is 0.355 e. The van der Waals surface area contributed by atoms with Gasteiger partial charge in [-0.2, -0.15) is 0 Å². The van der Waals surface area contributed by atoms with Crippen LogP contribution in [0.3, 0.4) is 0 Å². The molecule has 1 fully saturated rings. The molecule has 3 heteroatoms. The standard InChI is InChI=1S/C11H22N2O/c1-9-4-3-5-10(6-9)7-13-11(14)8-12-2/h9-10,12H,3-8H2,1-2H3,(H,13,14). The summed E-state index contributed by atoms with van der Waals surface area (Å²) in [5.74, 6) is 1.67. The van der Waals surface area contributed by atoms with E-state index in [0.29, 0.717) is 12.5 Å². The second-order valence-electron chi connectivity index (χ2n) is 4.47. The van der Waals surface area contributed by atoms with Crippen LogP contribution < -0.4 is 10.6 Å². The second-order valence-corrected chi connectivity index (χ2v) is 4.47. The predicted octanol–water partition coefficient (Wildman–Crippen LogP) is 1.15. The van der Waals surface area contributed by atoms with E-state index >= 15 is 0 Å². The second kappa shape index (κ2) is 6.02. The summed E-state index contributed by atoms with van der Waals surface area (Å²) < 4.78 is 0. The van der Waals surface area contributed by atoms with Crippen molar-refractivity contribution in [3.05, 3.63) is 0 Å². The minimum absolute atomic E-state index is 0.116. The lowest BCUT2D eigenvalue weighted by atomic mass is 9.82. The Morgan fingerprint density at radius 3 is 2.86 bits per heavy atom. The molecule has 0 aliphatic heterocycles. The highest BCUT2D eigenvalue weighted by atomic mass is 16.1. The fourth-order valence-corrected chi connectivity index (χ4v) is 2.23. The number of nitrogens with one attached hydrogen (secondary N) is 2. The molecular weight excluding hydrogens is 176 g/mol. The van der Waals surface area contributed by atoms with E-state index < -0.39 is 0 Å². The molecule has 1 rings (SSSR count). The Hall–Kier alpha value is -0.570. The monoisotopic (exact) mass is 198 g/mol. The van der Waals surface area contributed by atoms with E-state index in [1.54, 1.807) is 7.05 Å². The molecular formula is C11H22N2O. The third-order valence-corrected chi connectivity index (χ3v) is 2.97. The Bertz CT molecular complexity index is 182. The van der Waals surface area contributed by atoms with Gasteiger partial charge >= 0.3 is 0 Å². The van der Waals surface area contributed by atoms with Gasteiger partial charge in [0.25, 0.3) is 0 Å². The first kappa shape index (κ1) is 11.5. The number of hydrogen-bond acceptors (Lipinski definition) is 2. The summed E-state index contributed by atoms with van der Waals surface area (Å²) in [6.45, 7) is 3.61. The lowest BCUT2D eigenvalue weighted by Gasteiger charge is -2.26. The van der Waals surface area contributed by atoms with Gasteiger partial charge in [0.1, 0.15) is 0 Å². The Morgan fingerprint density at radius 1 is 1.43 bits per heavy atom. The highest BCUT2D eigenvalue weighted by Gasteiger charge is 2.18. The molecule has 0 aromatic carbocycles. The van der Waals surface area contributed by atoms with Crippen LogP contribution >= 0.6 is 0 Å². The van der Waals surface area contributed by atoms with E-state index in [1.807, 2.05) is 0 Å². The lowest BCUT2D eigenvalue weighted by molar-refractivity contribution is -0.120. The van der Waals surface area contributed by atoms with Crippen LogP contribution in [0.15, 0.2) is 0 Å². The summed E-state index contributed by atoms with van der Waals surface area (Å²) in [7, 11) is 1.79. The van der Waals surface area contributed by atoms with Gasteiger partial charge in [-0.3, -0.25) is 4.79 Å². The van der Waals surface area contributed by atoms with Gasteiger partial charge in [-0.25, -0.2) is 0 Å². The quantitative estimate of drug-likeness (QED) is 0.711. The molecule has 2 atom stereocenters. The van der Waals surface area contributed by atoms with Gasteiger partial charge in [-0.15, -0.1) is 0 Å². The zero-order chi connectivity index (χ0) is 10.4. The first-order valence-corrected chi connectivity index (χ1v) is 5.63. The smallest absolute Gasteiger partial charge is 0.233 e. The van der Waals surface area contributed by atoms with Gasteiger partial charge in [-0.1, -0.05) is 19.8 Å². The molecule has 0 radical (unpaired) electrons. The average molecular weight is 198 g/mol. The Morgan fingerprint density at radius 2 is 2.21 bits per heavy atom. The fraction of sp³-hybridized carbons (Fsp3) is 0.909. The van der Waals surface area contributed by atoms with Crippen LogP contribution in [0.4, 0.5) is 0 Å². The summed E-state index contributed by atoms with van der Waals surface area (Å²) in [6.07, 6.45) is 5.25. The van der Waals surface area contributed by atoms with Crippen LogP contribution in [0.2, 0.25) is 0 Å². The molecule has 0 heterocycles. The molecule has 2 unspecified atom stereocenters. The molecule has 14 heavy (non-hydrogen) atoms. The van der Waals surface area contributed by atoms with Gasteiger partial charge < -0.3 is 10.6 Å². The number of hydrogen-bond donors (Lipinski definition) is 2. The van der Waals surface area contributed by atoms with Gasteiger partial charge in [0.2, 0.25) is 5.91 Å². The van der Waals surface area contributed by atoms with Crippen LogP contribution in [0.25, 0.3) is 0 Å². The van der Waals surface area contributed by atoms with Gasteiger partial charge in [0, 0.05) is 6.54 Å². The Kier molecular flexibility index (Phi) is 4.94. The van der Waals surface area contributed by atoms with Gasteiger partial charge in [0.05, 0.1) is 6.54 Å². The fourth-order valence-electron chi connectivity index (χ4n) is 2.23. The first-order valence-electron chi connectivity index (χ1n) is 5.63. The molecule has 1 amide bonds. The van der Waals surface area contributed by atoms with Crippen LogP contribution in [0, 0.1) is 11.8 Å². The highest BCUT2D eigenvalue weighted by Crippen LogP contribution is 2.27. The van der Waals surface area contributed by atoms with Crippen LogP contribution in [0.5, 0.6) is 0 Å². The molecule has 0 aromatic heterocycles. The number of amides is 1. The van der Waals surface area contributed by atoms with Gasteiger partial charge in [0.15, 0.2) is 0 Å². The van der Waals surface area contributed by atoms with Crippen molar-refractivity contribution in [1.82, 2.24) is 10.6 Å². The molecule has 1 aliphatic carbocycles. The minimum atomic E-state index is 0.116. The molecule has 0 saturated heterocycles. The topological polar surface area (TPSA) is 41.1 Å². The van der Waals surface area contributed by atoms with E-state index in [4.69, 9.17) is 0 Å². The average Bonchev–Trinajstić information content (AvgIpc) is 2.15. The van der Waals surface area contributed by atoms with Crippen molar-refractivity contribution in [2.45, 2.75) is 32.6 Å². The molecule has 0 aromatic rings. The van der Waals surface area contributed by atoms with Crippen LogP contribution in [-0.4, -0.2) is 26.0 Å². The minimum Gasteiger partial charge on any atom is -0.355 e. The third kappa shape index (κ3) is 4.09. The SMILES string of the molecule is CNCC(=O)NCC1CCCC(C)C1. The zero-order valence-electron chi connectivity index (χ0n) is 9.31. The third-order valence-electron chi connectivity index (χ3n) is 2.97. The van der Waals surface area contributed by atoms with E-state index in [-0.39, 0.29) is 5.91 Å². The van der Waals surface area contributed by atoms with Crippen molar-refractivity contribution in [2.24, 2.45) is 11.8 Å². The highest BCUT2D eigenvalue weighted by molar-refractivity contribution is 5.77. The molecule has 1 aliphatic rings. The van der Waals surface area contributed by atoms with Crippen molar-refractivity contribution < 1.29 is 4.79 Å². The van der Waals surface area contributed by atoms with E-state index in [9.17, 15) is 4.79 Å². The van der Waals surface area contributed by atoms with Gasteiger partial charge in [-0.05, 0) is 31.7 Å². The number of likely N-dealkylation sites (N-methyl/N-ethyl adjacent to an activating group) is 1.